The third-order valence-electron chi connectivity index (χ3n) is 3.49. The zero-order valence-corrected chi connectivity index (χ0v) is 11.8. The van der Waals surface area contributed by atoms with Crippen molar-refractivity contribution in [3.05, 3.63) is 5.01 Å². The Balaban J connectivity index is 1.98. The minimum atomic E-state index is 0.672. The number of hydrogen-bond acceptors (Lipinski definition) is 5. The van der Waals surface area contributed by atoms with Crippen molar-refractivity contribution in [3.63, 3.8) is 0 Å². The molecule has 0 amide bonds. The first-order valence-corrected chi connectivity index (χ1v) is 7.34. The van der Waals surface area contributed by atoms with E-state index in [2.05, 4.69) is 41.2 Å². The summed E-state index contributed by atoms with van der Waals surface area (Å²) < 4.78 is 0. The molecule has 1 aliphatic rings. The highest BCUT2D eigenvalue weighted by Crippen LogP contribution is 2.26. The van der Waals surface area contributed by atoms with E-state index in [1.54, 1.807) is 11.3 Å². The zero-order valence-electron chi connectivity index (χ0n) is 10.9. The number of hydrogen-bond donors (Lipinski definition) is 1. The number of rotatable bonds is 4. The van der Waals surface area contributed by atoms with Gasteiger partial charge in [0.25, 0.3) is 0 Å². The molecule has 0 aromatic carbocycles. The van der Waals surface area contributed by atoms with Gasteiger partial charge in [-0.25, -0.2) is 0 Å². The number of nitrogens with zero attached hydrogens (tertiary/aromatic N) is 3. The maximum Gasteiger partial charge on any atom is 0.205 e. The zero-order chi connectivity index (χ0) is 12.3. The van der Waals surface area contributed by atoms with Gasteiger partial charge in [-0.2, -0.15) is 0 Å². The average Bonchev–Trinajstić information content (AvgIpc) is 2.72. The predicted octanol–water partition coefficient (Wildman–Crippen LogP) is 2.73. The van der Waals surface area contributed by atoms with E-state index in [-0.39, 0.29) is 0 Å². The van der Waals surface area contributed by atoms with E-state index in [0.717, 1.165) is 23.2 Å². The second-order valence-corrected chi connectivity index (χ2v) is 5.89. The van der Waals surface area contributed by atoms with Gasteiger partial charge in [0.2, 0.25) is 5.13 Å². The number of anilines is 1. The Morgan fingerprint density at radius 2 is 2.00 bits per heavy atom. The highest BCUT2D eigenvalue weighted by Gasteiger charge is 2.25. The van der Waals surface area contributed by atoms with Crippen LogP contribution >= 0.6 is 11.3 Å². The van der Waals surface area contributed by atoms with Crippen LogP contribution in [0.3, 0.4) is 0 Å². The van der Waals surface area contributed by atoms with Gasteiger partial charge in [-0.15, -0.1) is 10.2 Å². The fourth-order valence-corrected chi connectivity index (χ4v) is 3.30. The Morgan fingerprint density at radius 1 is 1.29 bits per heavy atom. The van der Waals surface area contributed by atoms with Crippen molar-refractivity contribution in [2.24, 2.45) is 0 Å². The molecule has 96 valence electrons. The lowest BCUT2D eigenvalue weighted by Gasteiger charge is -2.38. The van der Waals surface area contributed by atoms with Gasteiger partial charge >= 0.3 is 0 Å². The van der Waals surface area contributed by atoms with Crippen LogP contribution in [-0.2, 0) is 6.54 Å². The summed E-state index contributed by atoms with van der Waals surface area (Å²) >= 11 is 1.68. The lowest BCUT2D eigenvalue weighted by molar-refractivity contribution is 0.0949. The maximum atomic E-state index is 4.26. The lowest BCUT2D eigenvalue weighted by atomic mass is 9.98. The Hall–Kier alpha value is -0.680. The number of nitrogens with one attached hydrogen (secondary N) is 1. The van der Waals surface area contributed by atoms with E-state index in [1.165, 1.54) is 19.3 Å². The van der Waals surface area contributed by atoms with E-state index in [4.69, 9.17) is 0 Å². The molecule has 4 nitrogen and oxygen atoms in total. The molecular weight excluding hydrogens is 232 g/mol. The minimum Gasteiger partial charge on any atom is -0.360 e. The molecule has 1 N–H and O–H groups in total. The highest BCUT2D eigenvalue weighted by molar-refractivity contribution is 7.15. The first kappa shape index (κ1) is 12.8. The predicted molar refractivity (Wildman–Crippen MR) is 72.4 cm³/mol. The van der Waals surface area contributed by atoms with Crippen LogP contribution in [0.2, 0.25) is 0 Å². The van der Waals surface area contributed by atoms with Gasteiger partial charge in [-0.3, -0.25) is 4.90 Å². The van der Waals surface area contributed by atoms with Gasteiger partial charge in [0.15, 0.2) is 0 Å². The summed E-state index contributed by atoms with van der Waals surface area (Å²) in [7, 11) is 0. The number of piperidine rings is 1. The molecule has 2 heterocycles. The second-order valence-electron chi connectivity index (χ2n) is 4.83. The van der Waals surface area contributed by atoms with Crippen LogP contribution in [0, 0.1) is 0 Å². The van der Waals surface area contributed by atoms with Crippen molar-refractivity contribution in [1.29, 1.82) is 0 Å². The Kier molecular flexibility index (Phi) is 4.34. The normalized spacial score (nSPS) is 26.1. The molecule has 1 aromatic heterocycles. The molecule has 0 unspecified atom stereocenters. The molecule has 0 bridgehead atoms. The van der Waals surface area contributed by atoms with Crippen LogP contribution in [-0.4, -0.2) is 33.7 Å². The summed E-state index contributed by atoms with van der Waals surface area (Å²) in [5, 5.41) is 13.7. The molecule has 1 saturated heterocycles. The van der Waals surface area contributed by atoms with Gasteiger partial charge in [-0.05, 0) is 33.6 Å². The number of likely N-dealkylation sites (tertiary alicyclic amines) is 1. The Morgan fingerprint density at radius 3 is 2.65 bits per heavy atom. The molecule has 2 atom stereocenters. The van der Waals surface area contributed by atoms with E-state index in [1.807, 2.05) is 0 Å². The standard InChI is InChI=1S/C12H22N4S/c1-4-13-12-15-14-11(17-12)8-16-9(2)6-5-7-10(16)3/h9-10H,4-8H2,1-3H3,(H,13,15)/t9-,10+. The van der Waals surface area contributed by atoms with Crippen LogP contribution in [0.4, 0.5) is 5.13 Å². The monoisotopic (exact) mass is 254 g/mol. The molecule has 1 aromatic rings. The van der Waals surface area contributed by atoms with Crippen LogP contribution in [0.25, 0.3) is 0 Å². The summed E-state index contributed by atoms with van der Waals surface area (Å²) in [4.78, 5) is 2.56. The van der Waals surface area contributed by atoms with Gasteiger partial charge < -0.3 is 5.32 Å². The summed E-state index contributed by atoms with van der Waals surface area (Å²) in [5.74, 6) is 0. The average molecular weight is 254 g/mol. The first-order chi connectivity index (χ1) is 8.20. The van der Waals surface area contributed by atoms with Gasteiger partial charge in [-0.1, -0.05) is 17.8 Å². The maximum absolute atomic E-state index is 4.26. The third-order valence-corrected chi connectivity index (χ3v) is 4.35. The van der Waals surface area contributed by atoms with Crippen molar-refractivity contribution in [3.8, 4) is 0 Å². The van der Waals surface area contributed by atoms with Crippen LogP contribution < -0.4 is 5.32 Å². The summed E-state index contributed by atoms with van der Waals surface area (Å²) in [5.41, 5.74) is 0. The van der Waals surface area contributed by atoms with Gasteiger partial charge in [0, 0.05) is 18.6 Å². The summed E-state index contributed by atoms with van der Waals surface area (Å²) in [6.07, 6.45) is 3.98. The first-order valence-electron chi connectivity index (χ1n) is 6.52. The molecular formula is C12H22N4S. The van der Waals surface area contributed by atoms with E-state index < -0.39 is 0 Å². The number of aromatic nitrogens is 2. The Labute approximate surface area is 107 Å². The van der Waals surface area contributed by atoms with Crippen molar-refractivity contribution < 1.29 is 0 Å². The van der Waals surface area contributed by atoms with Crippen molar-refractivity contribution in [2.75, 3.05) is 11.9 Å². The van der Waals surface area contributed by atoms with Crippen molar-refractivity contribution in [1.82, 2.24) is 15.1 Å². The fourth-order valence-electron chi connectivity index (χ4n) is 2.48. The molecule has 0 spiro atoms. The molecule has 17 heavy (non-hydrogen) atoms. The van der Waals surface area contributed by atoms with Crippen LogP contribution in [0.5, 0.6) is 0 Å². The van der Waals surface area contributed by atoms with E-state index in [0.29, 0.717) is 12.1 Å². The Bertz CT molecular complexity index is 342. The second kappa shape index (κ2) is 5.78. The smallest absolute Gasteiger partial charge is 0.205 e. The summed E-state index contributed by atoms with van der Waals surface area (Å²) in [6.45, 7) is 8.58. The van der Waals surface area contributed by atoms with Crippen LogP contribution in [0.1, 0.15) is 45.0 Å². The van der Waals surface area contributed by atoms with Crippen molar-refractivity contribution >= 4 is 16.5 Å². The van der Waals surface area contributed by atoms with E-state index in [9.17, 15) is 0 Å². The topological polar surface area (TPSA) is 41.1 Å². The quantitative estimate of drug-likeness (QED) is 0.897. The lowest BCUT2D eigenvalue weighted by Crippen LogP contribution is -2.42. The van der Waals surface area contributed by atoms with E-state index >= 15 is 0 Å². The molecule has 2 rings (SSSR count). The van der Waals surface area contributed by atoms with Crippen LogP contribution in [0.15, 0.2) is 0 Å². The molecule has 0 saturated carbocycles. The molecule has 0 aliphatic carbocycles. The fraction of sp³-hybridized carbons (Fsp3) is 0.833. The minimum absolute atomic E-state index is 0.672. The summed E-state index contributed by atoms with van der Waals surface area (Å²) in [6, 6.07) is 1.34. The van der Waals surface area contributed by atoms with Gasteiger partial charge in [0.05, 0.1) is 6.54 Å². The molecule has 0 radical (unpaired) electrons. The highest BCUT2D eigenvalue weighted by atomic mass is 32.1. The molecule has 5 heteroatoms. The molecule has 1 fully saturated rings. The SMILES string of the molecule is CCNc1nnc(CN2[C@H](C)CCC[C@@H]2C)s1. The largest absolute Gasteiger partial charge is 0.360 e. The molecule has 1 aliphatic heterocycles. The van der Waals surface area contributed by atoms with Gasteiger partial charge in [0.1, 0.15) is 5.01 Å². The van der Waals surface area contributed by atoms with Crippen molar-refractivity contribution in [2.45, 2.75) is 58.7 Å². The third kappa shape index (κ3) is 3.16.